The molecule has 3 aromatic carbocycles. The number of allylic oxidation sites excluding steroid dienone is 1. The summed E-state index contributed by atoms with van der Waals surface area (Å²) in [6.07, 6.45) is 0. The fourth-order valence-corrected chi connectivity index (χ4v) is 5.11. The van der Waals surface area contributed by atoms with Gasteiger partial charge in [-0.2, -0.15) is 4.68 Å². The quantitative estimate of drug-likeness (QED) is 0.252. The van der Waals surface area contributed by atoms with Crippen LogP contribution in [0.3, 0.4) is 0 Å². The van der Waals surface area contributed by atoms with Gasteiger partial charge in [0.05, 0.1) is 29.4 Å². The van der Waals surface area contributed by atoms with E-state index in [2.05, 4.69) is 42.1 Å². The zero-order chi connectivity index (χ0) is 28.2. The Morgan fingerprint density at radius 3 is 2.60 bits per heavy atom. The second-order valence-electron chi connectivity index (χ2n) is 9.20. The first-order valence-electron chi connectivity index (χ1n) is 12.7. The van der Waals surface area contributed by atoms with Crippen LogP contribution in [0.15, 0.2) is 76.4 Å². The van der Waals surface area contributed by atoms with E-state index in [-0.39, 0.29) is 5.91 Å². The number of anilines is 2. The first kappa shape index (κ1) is 27.2. The van der Waals surface area contributed by atoms with Crippen molar-refractivity contribution in [2.75, 3.05) is 24.4 Å². The molecular formula is C29H29BrN6O4. The van der Waals surface area contributed by atoms with E-state index in [0.29, 0.717) is 57.8 Å². The van der Waals surface area contributed by atoms with E-state index in [9.17, 15) is 4.79 Å². The van der Waals surface area contributed by atoms with Crippen molar-refractivity contribution in [1.29, 1.82) is 0 Å². The third-order valence-electron chi connectivity index (χ3n) is 6.47. The minimum Gasteiger partial charge on any atom is -0.495 e. The van der Waals surface area contributed by atoms with Gasteiger partial charge in [-0.05, 0) is 82.5 Å². The maximum absolute atomic E-state index is 13.8. The van der Waals surface area contributed by atoms with Gasteiger partial charge in [0.2, 0.25) is 5.95 Å². The summed E-state index contributed by atoms with van der Waals surface area (Å²) < 4.78 is 19.9. The third kappa shape index (κ3) is 5.50. The lowest BCUT2D eigenvalue weighted by Crippen LogP contribution is -2.31. The number of nitrogens with zero attached hydrogens (tertiary/aromatic N) is 4. The number of aryl methyl sites for hydroxylation is 1. The van der Waals surface area contributed by atoms with Crippen LogP contribution >= 0.6 is 15.9 Å². The van der Waals surface area contributed by atoms with Gasteiger partial charge in [-0.25, -0.2) is 0 Å². The number of methoxy groups -OCH3 is 1. The maximum atomic E-state index is 13.8. The SMILES string of the molecule is CCOc1cc(C2C(C(=O)Nc3ccccc3OC)=C(C)Nc3nnnn32)cc(Br)c1OCc1ccc(C)cc1. The molecule has 1 aliphatic rings. The van der Waals surface area contributed by atoms with Crippen LogP contribution in [0.2, 0.25) is 0 Å². The molecule has 4 aromatic rings. The largest absolute Gasteiger partial charge is 0.495 e. The monoisotopic (exact) mass is 604 g/mol. The molecule has 0 bridgehead atoms. The summed E-state index contributed by atoms with van der Waals surface area (Å²) in [6.45, 7) is 6.57. The second-order valence-corrected chi connectivity index (χ2v) is 10.1. The molecule has 2 N–H and O–H groups in total. The molecule has 2 heterocycles. The predicted molar refractivity (Wildman–Crippen MR) is 155 cm³/mol. The Hall–Kier alpha value is -4.38. The van der Waals surface area contributed by atoms with E-state index < -0.39 is 6.04 Å². The molecule has 1 amide bonds. The van der Waals surface area contributed by atoms with Crippen molar-refractivity contribution < 1.29 is 19.0 Å². The van der Waals surface area contributed by atoms with Gasteiger partial charge in [0.15, 0.2) is 11.5 Å². The standard InChI is InChI=1S/C29H29BrN6O4/c1-5-39-24-15-20(14-21(30)27(24)40-16-19-12-10-17(2)11-13-19)26-25(18(3)31-29-33-34-35-36(26)29)28(37)32-22-8-6-7-9-23(22)38-4/h6-15,26H,5,16H2,1-4H3,(H,32,37)(H,31,33,35). The molecule has 0 radical (unpaired) electrons. The molecule has 0 saturated heterocycles. The molecule has 10 nitrogen and oxygen atoms in total. The van der Waals surface area contributed by atoms with Crippen molar-refractivity contribution in [2.24, 2.45) is 0 Å². The van der Waals surface area contributed by atoms with Gasteiger partial charge >= 0.3 is 0 Å². The molecule has 0 spiro atoms. The highest BCUT2D eigenvalue weighted by Gasteiger charge is 2.35. The number of nitrogens with one attached hydrogen (secondary N) is 2. The zero-order valence-corrected chi connectivity index (χ0v) is 24.2. The van der Waals surface area contributed by atoms with Gasteiger partial charge < -0.3 is 24.8 Å². The van der Waals surface area contributed by atoms with Crippen molar-refractivity contribution >= 4 is 33.5 Å². The maximum Gasteiger partial charge on any atom is 0.255 e. The molecule has 40 heavy (non-hydrogen) atoms. The molecule has 11 heteroatoms. The van der Waals surface area contributed by atoms with Gasteiger partial charge in [-0.3, -0.25) is 4.79 Å². The Kier molecular flexibility index (Phi) is 8.01. The van der Waals surface area contributed by atoms with Crippen LogP contribution in [0.25, 0.3) is 0 Å². The molecule has 0 saturated carbocycles. The second kappa shape index (κ2) is 11.8. The summed E-state index contributed by atoms with van der Waals surface area (Å²) in [7, 11) is 1.56. The number of hydrogen-bond donors (Lipinski definition) is 2. The highest BCUT2D eigenvalue weighted by atomic mass is 79.9. The third-order valence-corrected chi connectivity index (χ3v) is 7.05. The Bertz CT molecular complexity index is 1570. The van der Waals surface area contributed by atoms with Crippen LogP contribution in [-0.2, 0) is 11.4 Å². The smallest absolute Gasteiger partial charge is 0.255 e. The van der Waals surface area contributed by atoms with Gasteiger partial charge in [-0.1, -0.05) is 47.1 Å². The molecule has 206 valence electrons. The number of fused-ring (bicyclic) bond motifs is 1. The average Bonchev–Trinajstić information content (AvgIpc) is 3.41. The number of tetrazole rings is 1. The zero-order valence-electron chi connectivity index (χ0n) is 22.6. The summed E-state index contributed by atoms with van der Waals surface area (Å²) in [4.78, 5) is 13.8. The van der Waals surface area contributed by atoms with E-state index in [1.165, 1.54) is 5.56 Å². The number of carbonyl (C=O) groups is 1. The van der Waals surface area contributed by atoms with Crippen molar-refractivity contribution in [1.82, 2.24) is 20.2 Å². The minimum atomic E-state index is -0.650. The number of ether oxygens (including phenoxy) is 3. The number of carbonyl (C=O) groups excluding carboxylic acids is 1. The van der Waals surface area contributed by atoms with Crippen molar-refractivity contribution in [3.63, 3.8) is 0 Å². The van der Waals surface area contributed by atoms with Crippen LogP contribution < -0.4 is 24.8 Å². The van der Waals surface area contributed by atoms with Crippen LogP contribution in [-0.4, -0.2) is 39.8 Å². The van der Waals surface area contributed by atoms with Crippen LogP contribution in [0.4, 0.5) is 11.6 Å². The normalized spacial score (nSPS) is 14.3. The van der Waals surface area contributed by atoms with E-state index in [1.807, 2.05) is 69.3 Å². The van der Waals surface area contributed by atoms with E-state index in [1.54, 1.807) is 23.9 Å². The lowest BCUT2D eigenvalue weighted by atomic mass is 9.94. The summed E-state index contributed by atoms with van der Waals surface area (Å²) in [5.74, 6) is 1.75. The molecule has 5 rings (SSSR count). The fourth-order valence-electron chi connectivity index (χ4n) is 4.54. The highest BCUT2D eigenvalue weighted by Crippen LogP contribution is 2.43. The fraction of sp³-hybridized carbons (Fsp3) is 0.241. The van der Waals surface area contributed by atoms with E-state index in [4.69, 9.17) is 14.2 Å². The summed E-state index contributed by atoms with van der Waals surface area (Å²) in [5, 5.41) is 18.3. The Labute approximate surface area is 240 Å². The van der Waals surface area contributed by atoms with Crippen LogP contribution in [0, 0.1) is 6.92 Å². The molecule has 1 aliphatic heterocycles. The number of hydrogen-bond acceptors (Lipinski definition) is 8. The number of halogens is 1. The van der Waals surface area contributed by atoms with Crippen molar-refractivity contribution in [3.8, 4) is 17.2 Å². The summed E-state index contributed by atoms with van der Waals surface area (Å²) in [5.41, 5.74) is 4.56. The minimum absolute atomic E-state index is 0.325. The molecule has 0 aliphatic carbocycles. The first-order valence-corrected chi connectivity index (χ1v) is 13.5. The number of amides is 1. The predicted octanol–water partition coefficient (Wildman–Crippen LogP) is 5.66. The highest BCUT2D eigenvalue weighted by molar-refractivity contribution is 9.10. The Morgan fingerprint density at radius 1 is 1.07 bits per heavy atom. The molecule has 0 fully saturated rings. The molecular weight excluding hydrogens is 576 g/mol. The van der Waals surface area contributed by atoms with Gasteiger partial charge in [-0.15, -0.1) is 0 Å². The topological polar surface area (TPSA) is 112 Å². The molecule has 1 atom stereocenters. The van der Waals surface area contributed by atoms with E-state index >= 15 is 0 Å². The number of para-hydroxylation sites is 2. The Balaban J connectivity index is 1.53. The Morgan fingerprint density at radius 2 is 1.85 bits per heavy atom. The number of benzene rings is 3. The van der Waals surface area contributed by atoms with E-state index in [0.717, 1.165) is 11.1 Å². The van der Waals surface area contributed by atoms with Crippen LogP contribution in [0.5, 0.6) is 17.2 Å². The molecule has 1 aromatic heterocycles. The summed E-state index contributed by atoms with van der Waals surface area (Å²) >= 11 is 3.68. The first-order chi connectivity index (χ1) is 19.4. The van der Waals surface area contributed by atoms with Crippen LogP contribution in [0.1, 0.15) is 36.6 Å². The lowest BCUT2D eigenvalue weighted by Gasteiger charge is -2.29. The number of aromatic nitrogens is 4. The summed E-state index contributed by atoms with van der Waals surface area (Å²) in [6, 6.07) is 18.5. The average molecular weight is 605 g/mol. The van der Waals surface area contributed by atoms with Gasteiger partial charge in [0, 0.05) is 5.70 Å². The number of rotatable bonds is 9. The van der Waals surface area contributed by atoms with Crippen molar-refractivity contribution in [3.05, 3.63) is 93.1 Å². The molecule has 1 unspecified atom stereocenters. The van der Waals surface area contributed by atoms with Gasteiger partial charge in [0.1, 0.15) is 18.4 Å². The van der Waals surface area contributed by atoms with Crippen molar-refractivity contribution in [2.45, 2.75) is 33.4 Å². The lowest BCUT2D eigenvalue weighted by molar-refractivity contribution is -0.113. The van der Waals surface area contributed by atoms with Gasteiger partial charge in [0.25, 0.3) is 5.91 Å².